The Hall–Kier alpha value is 0.720. The largest absolute Gasteiger partial charge is 0.444 e. The van der Waals surface area contributed by atoms with E-state index in [2.05, 4.69) is 22.7 Å². The molecule has 0 radical (unpaired) electrons. The van der Waals surface area contributed by atoms with Gasteiger partial charge in [0, 0.05) is 0 Å². The van der Waals surface area contributed by atoms with Gasteiger partial charge < -0.3 is 9.63 Å². The lowest BCUT2D eigenvalue weighted by Crippen LogP contribution is -2.19. The van der Waals surface area contributed by atoms with E-state index in [0.29, 0.717) is 6.16 Å². The Kier molecular flexibility index (Phi) is 6.89. The molecular weight excluding hydrogens is 189 g/mol. The fraction of sp³-hybridized carbons (Fsp3) is 0.750. The fourth-order valence-corrected chi connectivity index (χ4v) is 1.36. The molecule has 0 saturated carbocycles. The molecule has 6 heteroatoms. The van der Waals surface area contributed by atoms with Gasteiger partial charge in [-0.3, -0.25) is 4.79 Å². The minimum absolute atomic E-state index is 0.0837. The molecule has 0 saturated heterocycles. The number of carbonyl (C=O) groups is 1. The van der Waals surface area contributed by atoms with Crippen molar-refractivity contribution >= 4 is 32.6 Å². The minimum atomic E-state index is -0.377. The molecule has 0 aliphatic rings. The summed E-state index contributed by atoms with van der Waals surface area (Å²) in [5.74, 6) is -0.705. The van der Waals surface area contributed by atoms with E-state index in [1.165, 1.54) is 0 Å². The molecule has 4 atom stereocenters. The summed E-state index contributed by atoms with van der Waals surface area (Å²) in [6.45, 7) is -0.141. The second-order valence-electron chi connectivity index (χ2n) is 1.65. The van der Waals surface area contributed by atoms with Crippen LogP contribution in [0.4, 0.5) is 0 Å². The van der Waals surface area contributed by atoms with Crippen molar-refractivity contribution in [1.29, 1.82) is 0 Å². The molecule has 60 valence electrons. The Morgan fingerprint density at radius 3 is 2.70 bits per heavy atom. The van der Waals surface area contributed by atoms with E-state index in [9.17, 15) is 4.79 Å². The molecule has 4 unspecified atom stereocenters. The van der Waals surface area contributed by atoms with E-state index in [1.807, 2.05) is 0 Å². The number of aliphatic hydroxyl groups is 1. The standard InChI is InChI=1S/C4H11O3P3/c5-1-3(2-8)4(6)7-10-9/h3,5,10H,1-2,8-9H2. The van der Waals surface area contributed by atoms with Gasteiger partial charge in [0.25, 0.3) is 0 Å². The average Bonchev–Trinajstić information content (AvgIpc) is 1.91. The van der Waals surface area contributed by atoms with Crippen LogP contribution in [0, 0.1) is 5.92 Å². The number of carbonyl (C=O) groups excluding carboxylic acids is 1. The van der Waals surface area contributed by atoms with E-state index < -0.39 is 0 Å². The zero-order valence-electron chi connectivity index (χ0n) is 5.41. The van der Waals surface area contributed by atoms with Crippen molar-refractivity contribution < 1.29 is 14.4 Å². The van der Waals surface area contributed by atoms with Crippen molar-refractivity contribution in [2.75, 3.05) is 12.8 Å². The topological polar surface area (TPSA) is 46.5 Å². The average molecular weight is 200 g/mol. The van der Waals surface area contributed by atoms with Crippen LogP contribution < -0.4 is 0 Å². The molecule has 0 fully saturated rings. The van der Waals surface area contributed by atoms with Crippen LogP contribution >= 0.6 is 26.7 Å². The summed E-state index contributed by atoms with van der Waals surface area (Å²) < 4.78 is 4.66. The van der Waals surface area contributed by atoms with Gasteiger partial charge in [-0.05, 0) is 6.16 Å². The molecule has 0 aromatic heterocycles. The van der Waals surface area contributed by atoms with Gasteiger partial charge in [0.05, 0.1) is 21.0 Å². The second kappa shape index (κ2) is 6.43. The fourth-order valence-electron chi connectivity index (χ4n) is 0.387. The van der Waals surface area contributed by atoms with Crippen LogP contribution in [0.15, 0.2) is 0 Å². The summed E-state index contributed by atoms with van der Waals surface area (Å²) in [6.07, 6.45) is 0.546. The summed E-state index contributed by atoms with van der Waals surface area (Å²) in [4.78, 5) is 10.8. The molecule has 0 bridgehead atoms. The molecule has 10 heavy (non-hydrogen) atoms. The van der Waals surface area contributed by atoms with Gasteiger partial charge in [0.15, 0.2) is 0 Å². The molecule has 0 aromatic carbocycles. The second-order valence-corrected chi connectivity index (χ2v) is 3.27. The maximum absolute atomic E-state index is 10.8. The summed E-state index contributed by atoms with van der Waals surface area (Å²) >= 11 is 0. The highest BCUT2D eigenvalue weighted by atomic mass is 32.0. The Morgan fingerprint density at radius 2 is 2.40 bits per heavy atom. The van der Waals surface area contributed by atoms with Crippen molar-refractivity contribution in [1.82, 2.24) is 0 Å². The van der Waals surface area contributed by atoms with E-state index >= 15 is 0 Å². The first kappa shape index (κ1) is 10.7. The Balaban J connectivity index is 3.65. The molecule has 0 spiro atoms. The van der Waals surface area contributed by atoms with Gasteiger partial charge >= 0.3 is 5.97 Å². The van der Waals surface area contributed by atoms with Crippen molar-refractivity contribution in [2.45, 2.75) is 0 Å². The van der Waals surface area contributed by atoms with Crippen molar-refractivity contribution in [3.05, 3.63) is 0 Å². The van der Waals surface area contributed by atoms with Crippen LogP contribution in [0.2, 0.25) is 0 Å². The summed E-state index contributed by atoms with van der Waals surface area (Å²) in [5, 5.41) is 8.61. The monoisotopic (exact) mass is 200 g/mol. The third kappa shape index (κ3) is 3.78. The van der Waals surface area contributed by atoms with E-state index in [1.54, 1.807) is 0 Å². The molecule has 0 aromatic rings. The predicted molar refractivity (Wildman–Crippen MR) is 49.3 cm³/mol. The first-order valence-corrected chi connectivity index (χ1v) is 6.26. The zero-order valence-corrected chi connectivity index (χ0v) is 8.72. The van der Waals surface area contributed by atoms with Gasteiger partial charge in [0.1, 0.15) is 0 Å². The minimum Gasteiger partial charge on any atom is -0.444 e. The van der Waals surface area contributed by atoms with Crippen LogP contribution in [0.1, 0.15) is 0 Å². The number of hydrogen-bond donors (Lipinski definition) is 1. The first-order valence-electron chi connectivity index (χ1n) is 2.73. The Morgan fingerprint density at radius 1 is 1.80 bits per heavy atom. The lowest BCUT2D eigenvalue weighted by atomic mass is 10.2. The molecule has 0 heterocycles. The SMILES string of the molecule is O=C(OPP)C(CO)CP. The Bertz CT molecular complexity index is 104. The van der Waals surface area contributed by atoms with E-state index in [0.717, 1.165) is 0 Å². The number of hydrogen-bond acceptors (Lipinski definition) is 3. The number of aliphatic hydroxyl groups excluding tert-OH is 1. The van der Waals surface area contributed by atoms with Gasteiger partial charge in [-0.15, -0.1) is 9.24 Å². The first-order chi connectivity index (χ1) is 4.76. The summed E-state index contributed by atoms with van der Waals surface area (Å²) in [6, 6.07) is 0. The lowest BCUT2D eigenvalue weighted by Gasteiger charge is -2.08. The smallest absolute Gasteiger partial charge is 0.314 e. The van der Waals surface area contributed by atoms with Crippen LogP contribution in [0.3, 0.4) is 0 Å². The van der Waals surface area contributed by atoms with Crippen LogP contribution in [-0.4, -0.2) is 23.8 Å². The molecular formula is C4H11O3P3. The summed E-state index contributed by atoms with van der Waals surface area (Å²) in [7, 11) is 4.78. The predicted octanol–water partition coefficient (Wildman–Crippen LogP) is 0.397. The van der Waals surface area contributed by atoms with Gasteiger partial charge in [-0.1, -0.05) is 8.93 Å². The van der Waals surface area contributed by atoms with Crippen molar-refractivity contribution in [2.24, 2.45) is 5.92 Å². The maximum Gasteiger partial charge on any atom is 0.314 e. The molecule has 0 amide bonds. The lowest BCUT2D eigenvalue weighted by molar-refractivity contribution is -0.138. The molecule has 0 aliphatic heterocycles. The quantitative estimate of drug-likeness (QED) is 0.668. The zero-order chi connectivity index (χ0) is 7.98. The molecule has 0 aliphatic carbocycles. The highest BCUT2D eigenvalue weighted by Gasteiger charge is 2.15. The number of rotatable bonds is 4. The van der Waals surface area contributed by atoms with Gasteiger partial charge in [-0.2, -0.15) is 0 Å². The Labute approximate surface area is 66.5 Å². The van der Waals surface area contributed by atoms with Crippen LogP contribution in [-0.2, 0) is 9.32 Å². The summed E-state index contributed by atoms with van der Waals surface area (Å²) in [5.41, 5.74) is 0. The normalized spacial score (nSPS) is 13.9. The molecule has 1 N–H and O–H groups in total. The van der Waals surface area contributed by atoms with Crippen LogP contribution in [0.5, 0.6) is 0 Å². The van der Waals surface area contributed by atoms with E-state index in [-0.39, 0.29) is 27.0 Å². The van der Waals surface area contributed by atoms with Crippen molar-refractivity contribution in [3.8, 4) is 0 Å². The van der Waals surface area contributed by atoms with Crippen LogP contribution in [0.25, 0.3) is 0 Å². The molecule has 3 nitrogen and oxygen atoms in total. The molecule has 0 rings (SSSR count). The highest BCUT2D eigenvalue weighted by molar-refractivity contribution is 8.00. The van der Waals surface area contributed by atoms with Crippen molar-refractivity contribution in [3.63, 3.8) is 0 Å². The third-order valence-corrected chi connectivity index (χ3v) is 2.24. The highest BCUT2D eigenvalue weighted by Crippen LogP contribution is 2.23. The van der Waals surface area contributed by atoms with Gasteiger partial charge in [0.2, 0.25) is 0 Å². The van der Waals surface area contributed by atoms with Gasteiger partial charge in [-0.25, -0.2) is 0 Å². The maximum atomic E-state index is 10.8. The third-order valence-electron chi connectivity index (χ3n) is 0.998. The van der Waals surface area contributed by atoms with E-state index in [4.69, 9.17) is 5.11 Å².